The van der Waals surface area contributed by atoms with Crippen molar-refractivity contribution in [3.05, 3.63) is 24.2 Å². The minimum Gasteiger partial charge on any atom is -0.468 e. The molecule has 1 rings (SSSR count). The maximum absolute atomic E-state index is 5.43. The molecule has 0 radical (unpaired) electrons. The number of hydrogen-bond acceptors (Lipinski definition) is 3. The molecule has 1 heterocycles. The summed E-state index contributed by atoms with van der Waals surface area (Å²) in [6, 6.07) is 4.57. The molecule has 110 valence electrons. The minimum absolute atomic E-state index is 0.306. The van der Waals surface area contributed by atoms with E-state index in [1.807, 2.05) is 12.1 Å². The predicted octanol–water partition coefficient (Wildman–Crippen LogP) is 3.52. The maximum Gasteiger partial charge on any atom is 0.117 e. The van der Waals surface area contributed by atoms with Gasteiger partial charge < -0.3 is 9.73 Å². The van der Waals surface area contributed by atoms with Crippen molar-refractivity contribution in [1.82, 2.24) is 10.2 Å². The standard InChI is InChI=1S/C16H30N2O/c1-6-17-15(16(3,4)5)10-11-18(7-2)13-14-9-8-12-19-14/h8-9,12,15,17H,6-7,10-11,13H2,1-5H3. The molecule has 1 unspecified atom stereocenters. The highest BCUT2D eigenvalue weighted by Crippen LogP contribution is 2.22. The van der Waals surface area contributed by atoms with Crippen molar-refractivity contribution in [2.24, 2.45) is 5.41 Å². The molecule has 19 heavy (non-hydrogen) atoms. The zero-order chi connectivity index (χ0) is 14.3. The van der Waals surface area contributed by atoms with Crippen molar-refractivity contribution >= 4 is 0 Å². The van der Waals surface area contributed by atoms with E-state index in [1.165, 1.54) is 6.42 Å². The maximum atomic E-state index is 5.43. The van der Waals surface area contributed by atoms with Crippen LogP contribution >= 0.6 is 0 Å². The van der Waals surface area contributed by atoms with Crippen LogP contribution in [0.5, 0.6) is 0 Å². The second-order valence-corrected chi connectivity index (χ2v) is 6.21. The van der Waals surface area contributed by atoms with E-state index in [-0.39, 0.29) is 0 Å². The van der Waals surface area contributed by atoms with Gasteiger partial charge in [-0.3, -0.25) is 4.90 Å². The summed E-state index contributed by atoms with van der Waals surface area (Å²) >= 11 is 0. The normalized spacial score (nSPS) is 14.0. The number of hydrogen-bond donors (Lipinski definition) is 1. The summed E-state index contributed by atoms with van der Waals surface area (Å²) in [5.74, 6) is 1.05. The van der Waals surface area contributed by atoms with Gasteiger partial charge in [-0.1, -0.05) is 34.6 Å². The first-order valence-corrected chi connectivity index (χ1v) is 7.45. The lowest BCUT2D eigenvalue weighted by Gasteiger charge is -2.33. The molecule has 0 aromatic carbocycles. The topological polar surface area (TPSA) is 28.4 Å². The van der Waals surface area contributed by atoms with Crippen molar-refractivity contribution in [3.8, 4) is 0 Å². The Hall–Kier alpha value is -0.800. The van der Waals surface area contributed by atoms with Crippen molar-refractivity contribution in [2.45, 2.75) is 53.6 Å². The molecule has 0 fully saturated rings. The van der Waals surface area contributed by atoms with Gasteiger partial charge in [0.15, 0.2) is 0 Å². The Labute approximate surface area is 118 Å². The summed E-state index contributed by atoms with van der Waals surface area (Å²) in [5.41, 5.74) is 0.306. The molecule has 1 aromatic heterocycles. The molecular weight excluding hydrogens is 236 g/mol. The molecule has 1 atom stereocenters. The summed E-state index contributed by atoms with van der Waals surface area (Å²) in [6.07, 6.45) is 2.92. The Morgan fingerprint density at radius 2 is 2.05 bits per heavy atom. The average Bonchev–Trinajstić information content (AvgIpc) is 2.84. The number of rotatable bonds is 8. The van der Waals surface area contributed by atoms with Gasteiger partial charge in [0.2, 0.25) is 0 Å². The first kappa shape index (κ1) is 16.3. The van der Waals surface area contributed by atoms with Crippen molar-refractivity contribution in [3.63, 3.8) is 0 Å². The Kier molecular flexibility index (Phi) is 6.59. The van der Waals surface area contributed by atoms with Crippen LogP contribution in [0.4, 0.5) is 0 Å². The SMILES string of the molecule is CCNC(CCN(CC)Cc1ccco1)C(C)(C)C. The van der Waals surface area contributed by atoms with Crippen molar-refractivity contribution < 1.29 is 4.42 Å². The lowest BCUT2D eigenvalue weighted by molar-refractivity contribution is 0.198. The lowest BCUT2D eigenvalue weighted by atomic mass is 9.84. The summed E-state index contributed by atoms with van der Waals surface area (Å²) in [5, 5.41) is 3.61. The van der Waals surface area contributed by atoms with Gasteiger partial charge in [-0.15, -0.1) is 0 Å². The smallest absolute Gasteiger partial charge is 0.117 e. The molecule has 3 nitrogen and oxygen atoms in total. The number of furan rings is 1. The van der Waals surface area contributed by atoms with E-state index in [0.29, 0.717) is 11.5 Å². The van der Waals surface area contributed by atoms with Crippen molar-refractivity contribution in [2.75, 3.05) is 19.6 Å². The van der Waals surface area contributed by atoms with Gasteiger partial charge in [-0.05, 0) is 37.1 Å². The van der Waals surface area contributed by atoms with Crippen LogP contribution in [0.2, 0.25) is 0 Å². The summed E-state index contributed by atoms with van der Waals surface area (Å²) in [7, 11) is 0. The van der Waals surface area contributed by atoms with E-state index < -0.39 is 0 Å². The van der Waals surface area contributed by atoms with Gasteiger partial charge in [0.05, 0.1) is 12.8 Å². The minimum atomic E-state index is 0.306. The van der Waals surface area contributed by atoms with Gasteiger partial charge in [0.25, 0.3) is 0 Å². The highest BCUT2D eigenvalue weighted by atomic mass is 16.3. The van der Waals surface area contributed by atoms with Gasteiger partial charge in [-0.25, -0.2) is 0 Å². The Bertz CT molecular complexity index is 327. The molecule has 0 bridgehead atoms. The van der Waals surface area contributed by atoms with Crippen LogP contribution in [-0.2, 0) is 6.54 Å². The third-order valence-corrected chi connectivity index (χ3v) is 3.64. The fourth-order valence-electron chi connectivity index (χ4n) is 2.37. The quantitative estimate of drug-likeness (QED) is 0.780. The van der Waals surface area contributed by atoms with Crippen LogP contribution < -0.4 is 5.32 Å². The third kappa shape index (κ3) is 5.79. The van der Waals surface area contributed by atoms with E-state index in [2.05, 4.69) is 44.8 Å². The zero-order valence-corrected chi connectivity index (χ0v) is 13.2. The van der Waals surface area contributed by atoms with Crippen LogP contribution in [0.15, 0.2) is 22.8 Å². The molecule has 1 aromatic rings. The first-order valence-electron chi connectivity index (χ1n) is 7.45. The lowest BCUT2D eigenvalue weighted by Crippen LogP contribution is -2.42. The van der Waals surface area contributed by atoms with Crippen LogP contribution in [-0.4, -0.2) is 30.6 Å². The second-order valence-electron chi connectivity index (χ2n) is 6.21. The fourth-order valence-corrected chi connectivity index (χ4v) is 2.37. The van der Waals surface area contributed by atoms with E-state index >= 15 is 0 Å². The summed E-state index contributed by atoms with van der Waals surface area (Å²) in [6.45, 7) is 15.4. The second kappa shape index (κ2) is 7.71. The molecule has 1 N–H and O–H groups in total. The zero-order valence-electron chi connectivity index (χ0n) is 13.2. The molecule has 0 saturated carbocycles. The molecular formula is C16H30N2O. The Balaban J connectivity index is 2.46. The van der Waals surface area contributed by atoms with Crippen LogP contribution in [0, 0.1) is 5.41 Å². The molecule has 3 heteroatoms. The molecule has 0 amide bonds. The molecule has 0 aliphatic heterocycles. The summed E-state index contributed by atoms with van der Waals surface area (Å²) in [4.78, 5) is 2.44. The Morgan fingerprint density at radius 1 is 1.32 bits per heavy atom. The highest BCUT2D eigenvalue weighted by molar-refractivity contribution is 4.97. The van der Waals surface area contributed by atoms with E-state index in [1.54, 1.807) is 6.26 Å². The van der Waals surface area contributed by atoms with Crippen LogP contribution in [0.3, 0.4) is 0 Å². The average molecular weight is 266 g/mol. The number of nitrogens with one attached hydrogen (secondary N) is 1. The van der Waals surface area contributed by atoms with Gasteiger partial charge in [-0.2, -0.15) is 0 Å². The largest absolute Gasteiger partial charge is 0.468 e. The van der Waals surface area contributed by atoms with Crippen LogP contribution in [0.1, 0.15) is 46.8 Å². The van der Waals surface area contributed by atoms with Gasteiger partial charge in [0, 0.05) is 12.6 Å². The Morgan fingerprint density at radius 3 is 2.53 bits per heavy atom. The molecule has 0 spiro atoms. The van der Waals surface area contributed by atoms with E-state index in [0.717, 1.165) is 31.9 Å². The first-order chi connectivity index (χ1) is 8.97. The van der Waals surface area contributed by atoms with Crippen molar-refractivity contribution in [1.29, 1.82) is 0 Å². The number of nitrogens with zero attached hydrogens (tertiary/aromatic N) is 1. The summed E-state index contributed by atoms with van der Waals surface area (Å²) < 4.78 is 5.43. The monoisotopic (exact) mass is 266 g/mol. The third-order valence-electron chi connectivity index (χ3n) is 3.64. The van der Waals surface area contributed by atoms with Crippen LogP contribution in [0.25, 0.3) is 0 Å². The predicted molar refractivity (Wildman–Crippen MR) is 81.2 cm³/mol. The molecule has 0 aliphatic rings. The van der Waals surface area contributed by atoms with E-state index in [9.17, 15) is 0 Å². The van der Waals surface area contributed by atoms with Gasteiger partial charge in [0.1, 0.15) is 5.76 Å². The fraction of sp³-hybridized carbons (Fsp3) is 0.750. The molecule has 0 saturated heterocycles. The van der Waals surface area contributed by atoms with E-state index in [4.69, 9.17) is 4.42 Å². The highest BCUT2D eigenvalue weighted by Gasteiger charge is 2.23. The van der Waals surface area contributed by atoms with Gasteiger partial charge >= 0.3 is 0 Å². The molecule has 0 aliphatic carbocycles.